The predicted octanol–water partition coefficient (Wildman–Crippen LogP) is 1.81. The Morgan fingerprint density at radius 3 is 2.73 bits per heavy atom. The van der Waals surface area contributed by atoms with Crippen LogP contribution in [0.15, 0.2) is 0 Å². The summed E-state index contributed by atoms with van der Waals surface area (Å²) in [6.45, 7) is 2.36. The van der Waals surface area contributed by atoms with E-state index in [4.69, 9.17) is 4.74 Å². The number of fused-ring (bicyclic) bond motifs is 1. The highest BCUT2D eigenvalue weighted by Crippen LogP contribution is 2.30. The molecule has 0 saturated carbocycles. The molecule has 2 aliphatic rings. The molecule has 0 bridgehead atoms. The summed E-state index contributed by atoms with van der Waals surface area (Å²) in [5.74, 6) is 0.147. The fraction of sp³-hybridized carbons (Fsp3) is 0.917. The molecule has 3 heteroatoms. The molecule has 2 saturated heterocycles. The summed E-state index contributed by atoms with van der Waals surface area (Å²) in [4.78, 5) is 14.2. The molecule has 0 spiro atoms. The Morgan fingerprint density at radius 1 is 1.13 bits per heavy atom. The molecule has 0 N–H and O–H groups in total. The average Bonchev–Trinajstić information content (AvgIpc) is 2.52. The molecule has 0 aromatic rings. The van der Waals surface area contributed by atoms with Gasteiger partial charge in [-0.05, 0) is 38.8 Å². The number of ether oxygens (including phenoxy) is 1. The Morgan fingerprint density at radius 2 is 1.93 bits per heavy atom. The third kappa shape index (κ3) is 2.33. The van der Waals surface area contributed by atoms with Crippen molar-refractivity contribution in [2.75, 3.05) is 20.2 Å². The van der Waals surface area contributed by atoms with Crippen LogP contribution < -0.4 is 0 Å². The lowest BCUT2D eigenvalue weighted by Crippen LogP contribution is -2.47. The zero-order valence-electron chi connectivity index (χ0n) is 9.58. The predicted molar refractivity (Wildman–Crippen MR) is 58.6 cm³/mol. The van der Waals surface area contributed by atoms with Crippen LogP contribution in [0.3, 0.4) is 0 Å². The van der Waals surface area contributed by atoms with Gasteiger partial charge in [-0.15, -0.1) is 0 Å². The van der Waals surface area contributed by atoms with E-state index in [1.165, 1.54) is 45.9 Å². The lowest BCUT2D eigenvalue weighted by Gasteiger charge is -2.38. The standard InChI is InChI=1S/C12H21NO2/c1-15-12(14)10-6-5-9-13-8-4-2-3-7-11(10)13/h10-11H,2-9H2,1H3. The molecule has 2 heterocycles. The summed E-state index contributed by atoms with van der Waals surface area (Å²) >= 11 is 0. The highest BCUT2D eigenvalue weighted by Gasteiger charge is 2.36. The van der Waals surface area contributed by atoms with Gasteiger partial charge in [0.2, 0.25) is 0 Å². The summed E-state index contributed by atoms with van der Waals surface area (Å²) in [5.41, 5.74) is 0. The van der Waals surface area contributed by atoms with Crippen molar-refractivity contribution in [2.24, 2.45) is 5.92 Å². The van der Waals surface area contributed by atoms with Crippen molar-refractivity contribution in [1.82, 2.24) is 4.90 Å². The molecule has 3 nitrogen and oxygen atoms in total. The van der Waals surface area contributed by atoms with Gasteiger partial charge >= 0.3 is 5.97 Å². The minimum atomic E-state index is 0.00611. The molecule has 0 amide bonds. The van der Waals surface area contributed by atoms with E-state index >= 15 is 0 Å². The Hall–Kier alpha value is -0.570. The smallest absolute Gasteiger partial charge is 0.310 e. The van der Waals surface area contributed by atoms with Crippen LogP contribution in [0.5, 0.6) is 0 Å². The number of carbonyl (C=O) groups is 1. The molecule has 2 fully saturated rings. The fourth-order valence-corrected chi connectivity index (χ4v) is 3.06. The van der Waals surface area contributed by atoms with Crippen LogP contribution in [0.4, 0.5) is 0 Å². The van der Waals surface area contributed by atoms with Crippen LogP contribution >= 0.6 is 0 Å². The van der Waals surface area contributed by atoms with Gasteiger partial charge < -0.3 is 4.74 Å². The third-order valence-electron chi connectivity index (χ3n) is 3.84. The van der Waals surface area contributed by atoms with Gasteiger partial charge in [-0.3, -0.25) is 9.69 Å². The second-order valence-electron chi connectivity index (χ2n) is 4.72. The fourth-order valence-electron chi connectivity index (χ4n) is 3.06. The van der Waals surface area contributed by atoms with Gasteiger partial charge in [-0.2, -0.15) is 0 Å². The van der Waals surface area contributed by atoms with Crippen LogP contribution in [-0.4, -0.2) is 37.1 Å². The first-order valence-electron chi connectivity index (χ1n) is 6.15. The largest absolute Gasteiger partial charge is 0.469 e. The molecule has 2 atom stereocenters. The van der Waals surface area contributed by atoms with Gasteiger partial charge in [-0.1, -0.05) is 12.8 Å². The maximum absolute atomic E-state index is 11.7. The molecule has 2 aliphatic heterocycles. The SMILES string of the molecule is COC(=O)C1CCCN2CCCCCC12. The first-order valence-corrected chi connectivity index (χ1v) is 6.15. The van der Waals surface area contributed by atoms with E-state index in [0.717, 1.165) is 12.8 Å². The number of rotatable bonds is 1. The van der Waals surface area contributed by atoms with E-state index < -0.39 is 0 Å². The lowest BCUT2D eigenvalue weighted by atomic mass is 9.87. The average molecular weight is 211 g/mol. The van der Waals surface area contributed by atoms with Crippen LogP contribution in [0.1, 0.15) is 38.5 Å². The quantitative estimate of drug-likeness (QED) is 0.620. The molecule has 0 aliphatic carbocycles. The lowest BCUT2D eigenvalue weighted by molar-refractivity contribution is -0.149. The molecule has 86 valence electrons. The van der Waals surface area contributed by atoms with E-state index in [1.54, 1.807) is 0 Å². The van der Waals surface area contributed by atoms with E-state index in [2.05, 4.69) is 4.90 Å². The Bertz CT molecular complexity index is 230. The third-order valence-corrected chi connectivity index (χ3v) is 3.84. The van der Waals surface area contributed by atoms with Crippen LogP contribution in [0.25, 0.3) is 0 Å². The number of piperidine rings is 1. The number of esters is 1. The molecular formula is C12H21NO2. The number of carbonyl (C=O) groups excluding carboxylic acids is 1. The summed E-state index contributed by atoms with van der Waals surface area (Å²) in [5, 5.41) is 0. The second kappa shape index (κ2) is 4.97. The van der Waals surface area contributed by atoms with Gasteiger partial charge in [-0.25, -0.2) is 0 Å². The van der Waals surface area contributed by atoms with Gasteiger partial charge in [0.25, 0.3) is 0 Å². The van der Waals surface area contributed by atoms with Gasteiger partial charge in [0, 0.05) is 6.04 Å². The van der Waals surface area contributed by atoms with E-state index in [9.17, 15) is 4.79 Å². The van der Waals surface area contributed by atoms with Gasteiger partial charge in [0.15, 0.2) is 0 Å². The molecule has 15 heavy (non-hydrogen) atoms. The van der Waals surface area contributed by atoms with Crippen LogP contribution in [0.2, 0.25) is 0 Å². The maximum Gasteiger partial charge on any atom is 0.310 e. The first kappa shape index (κ1) is 10.9. The minimum absolute atomic E-state index is 0.00611. The number of hydrogen-bond acceptors (Lipinski definition) is 3. The number of nitrogens with zero attached hydrogens (tertiary/aromatic N) is 1. The molecule has 0 radical (unpaired) electrons. The topological polar surface area (TPSA) is 29.5 Å². The highest BCUT2D eigenvalue weighted by atomic mass is 16.5. The second-order valence-corrected chi connectivity index (χ2v) is 4.72. The van der Waals surface area contributed by atoms with Crippen LogP contribution in [-0.2, 0) is 9.53 Å². The van der Waals surface area contributed by atoms with Gasteiger partial charge in [0.05, 0.1) is 13.0 Å². The summed E-state index contributed by atoms with van der Waals surface area (Å²) in [7, 11) is 1.51. The zero-order chi connectivity index (χ0) is 10.7. The molecule has 0 aromatic carbocycles. The Kier molecular flexibility index (Phi) is 3.62. The van der Waals surface area contributed by atoms with Crippen molar-refractivity contribution in [3.8, 4) is 0 Å². The van der Waals surface area contributed by atoms with Crippen molar-refractivity contribution >= 4 is 5.97 Å². The monoisotopic (exact) mass is 211 g/mol. The van der Waals surface area contributed by atoms with Crippen molar-refractivity contribution in [1.29, 1.82) is 0 Å². The molecule has 2 unspecified atom stereocenters. The van der Waals surface area contributed by atoms with E-state index in [-0.39, 0.29) is 11.9 Å². The van der Waals surface area contributed by atoms with Gasteiger partial charge in [0.1, 0.15) is 0 Å². The van der Waals surface area contributed by atoms with Crippen LogP contribution in [0, 0.1) is 5.92 Å². The first-order chi connectivity index (χ1) is 7.33. The highest BCUT2D eigenvalue weighted by molar-refractivity contribution is 5.73. The Balaban J connectivity index is 2.06. The molecular weight excluding hydrogens is 190 g/mol. The maximum atomic E-state index is 11.7. The normalized spacial score (nSPS) is 32.9. The molecule has 2 rings (SSSR count). The van der Waals surface area contributed by atoms with E-state index in [0.29, 0.717) is 6.04 Å². The van der Waals surface area contributed by atoms with Crippen molar-refractivity contribution < 1.29 is 9.53 Å². The summed E-state index contributed by atoms with van der Waals surface area (Å²) < 4.78 is 4.91. The number of methoxy groups -OCH3 is 1. The van der Waals surface area contributed by atoms with Crippen molar-refractivity contribution in [3.05, 3.63) is 0 Å². The minimum Gasteiger partial charge on any atom is -0.469 e. The number of hydrogen-bond donors (Lipinski definition) is 0. The van der Waals surface area contributed by atoms with Crippen molar-refractivity contribution in [2.45, 2.75) is 44.6 Å². The molecule has 0 aromatic heterocycles. The Labute approximate surface area is 91.8 Å². The van der Waals surface area contributed by atoms with Crippen molar-refractivity contribution in [3.63, 3.8) is 0 Å². The van der Waals surface area contributed by atoms with E-state index in [1.807, 2.05) is 0 Å². The zero-order valence-corrected chi connectivity index (χ0v) is 9.58. The summed E-state index contributed by atoms with van der Waals surface area (Å²) in [6.07, 6.45) is 7.24. The summed E-state index contributed by atoms with van der Waals surface area (Å²) in [6, 6.07) is 0.466.